The Morgan fingerprint density at radius 2 is 2.17 bits per heavy atom. The number of ether oxygens (including phenoxy) is 2. The van der Waals surface area contributed by atoms with E-state index in [1.54, 1.807) is 18.2 Å². The lowest BCUT2D eigenvalue weighted by atomic mass is 10.2. The monoisotopic (exact) mass is 398 g/mol. The lowest BCUT2D eigenvalue weighted by Gasteiger charge is -2.34. The highest BCUT2D eigenvalue weighted by atomic mass is 79.9. The van der Waals surface area contributed by atoms with Gasteiger partial charge in [-0.3, -0.25) is 14.5 Å². The molecule has 128 valence electrons. The number of hydrogen-bond donors (Lipinski definition) is 1. The molecule has 0 radical (unpaired) electrons. The molecule has 24 heavy (non-hydrogen) atoms. The molecule has 0 saturated carbocycles. The predicted octanol–water partition coefficient (Wildman–Crippen LogP) is 0.486. The van der Waals surface area contributed by atoms with Crippen LogP contribution in [-0.2, 0) is 19.1 Å². The fourth-order valence-corrected chi connectivity index (χ4v) is 2.95. The van der Waals surface area contributed by atoms with Crippen LogP contribution in [0.15, 0.2) is 22.7 Å². The minimum absolute atomic E-state index is 0.0279. The van der Waals surface area contributed by atoms with Crippen LogP contribution in [0.5, 0.6) is 5.75 Å². The van der Waals surface area contributed by atoms with E-state index in [0.717, 1.165) is 4.47 Å². The third-order valence-corrected chi connectivity index (χ3v) is 4.35. The summed E-state index contributed by atoms with van der Waals surface area (Å²) in [5, 5.41) is 9.01. The molecule has 2 heterocycles. The molecular formula is C15H15BrN2O6. The minimum Gasteiger partial charge on any atom is -0.482 e. The van der Waals surface area contributed by atoms with Gasteiger partial charge in [-0.1, -0.05) is 15.9 Å². The summed E-state index contributed by atoms with van der Waals surface area (Å²) in [4.78, 5) is 38.4. The number of carboxylic acids is 1. The van der Waals surface area contributed by atoms with Gasteiger partial charge in [0.15, 0.2) is 12.7 Å². The quantitative estimate of drug-likeness (QED) is 0.795. The second-order valence-electron chi connectivity index (χ2n) is 5.42. The molecule has 2 aliphatic rings. The van der Waals surface area contributed by atoms with Crippen LogP contribution in [0.4, 0.5) is 5.69 Å². The minimum atomic E-state index is -1.11. The van der Waals surface area contributed by atoms with Crippen molar-refractivity contribution < 1.29 is 29.0 Å². The number of anilines is 1. The Hall–Kier alpha value is -2.13. The number of fused-ring (bicyclic) bond motifs is 1. The number of rotatable bonds is 3. The van der Waals surface area contributed by atoms with Gasteiger partial charge in [-0.2, -0.15) is 0 Å². The highest BCUT2D eigenvalue weighted by Gasteiger charge is 2.32. The van der Waals surface area contributed by atoms with Gasteiger partial charge in [0, 0.05) is 11.0 Å². The molecule has 1 fully saturated rings. The molecule has 1 atom stereocenters. The van der Waals surface area contributed by atoms with E-state index in [4.69, 9.17) is 14.6 Å². The Morgan fingerprint density at radius 3 is 2.92 bits per heavy atom. The maximum absolute atomic E-state index is 12.5. The van der Waals surface area contributed by atoms with Crippen molar-refractivity contribution in [3.63, 3.8) is 0 Å². The summed E-state index contributed by atoms with van der Waals surface area (Å²) in [5.41, 5.74) is 0.519. The lowest BCUT2D eigenvalue weighted by molar-refractivity contribution is -0.159. The zero-order valence-electron chi connectivity index (χ0n) is 12.6. The Kier molecular flexibility index (Phi) is 4.72. The lowest BCUT2D eigenvalue weighted by Crippen LogP contribution is -2.52. The number of morpholine rings is 1. The van der Waals surface area contributed by atoms with Gasteiger partial charge < -0.3 is 19.5 Å². The molecule has 1 aromatic carbocycles. The van der Waals surface area contributed by atoms with Crippen molar-refractivity contribution in [2.75, 3.05) is 37.7 Å². The molecule has 0 aromatic heterocycles. The molecule has 8 nitrogen and oxygen atoms in total. The SMILES string of the molecule is O=C(O)[C@H]1CN(C(=O)CN2C(=O)COc3cc(Br)ccc32)CCO1. The van der Waals surface area contributed by atoms with Gasteiger partial charge in [0.1, 0.15) is 12.3 Å². The van der Waals surface area contributed by atoms with Gasteiger partial charge >= 0.3 is 5.97 Å². The van der Waals surface area contributed by atoms with E-state index >= 15 is 0 Å². The zero-order chi connectivity index (χ0) is 17.3. The third-order valence-electron chi connectivity index (χ3n) is 3.85. The molecule has 2 amide bonds. The van der Waals surface area contributed by atoms with Gasteiger partial charge in [0.05, 0.1) is 18.8 Å². The molecule has 3 rings (SSSR count). The van der Waals surface area contributed by atoms with Crippen LogP contribution in [0.2, 0.25) is 0 Å². The average molecular weight is 399 g/mol. The molecule has 1 saturated heterocycles. The summed E-state index contributed by atoms with van der Waals surface area (Å²) < 4.78 is 11.3. The van der Waals surface area contributed by atoms with Gasteiger partial charge in [-0.05, 0) is 18.2 Å². The Bertz CT molecular complexity index is 695. The van der Waals surface area contributed by atoms with Crippen LogP contribution in [0, 0.1) is 0 Å². The summed E-state index contributed by atoms with van der Waals surface area (Å²) in [7, 11) is 0. The number of carbonyl (C=O) groups excluding carboxylic acids is 2. The summed E-state index contributed by atoms with van der Waals surface area (Å²) in [6.45, 7) is 0.123. The second-order valence-corrected chi connectivity index (χ2v) is 6.33. The number of carboxylic acid groups (broad SMARTS) is 1. The van der Waals surface area contributed by atoms with E-state index < -0.39 is 12.1 Å². The number of amides is 2. The molecule has 0 unspecified atom stereocenters. The topological polar surface area (TPSA) is 96.4 Å². The first-order valence-corrected chi connectivity index (χ1v) is 8.10. The smallest absolute Gasteiger partial charge is 0.334 e. The standard InChI is InChI=1S/C15H15BrN2O6/c16-9-1-2-10-11(5-9)24-8-14(20)18(10)7-13(19)17-3-4-23-12(6-17)15(21)22/h1-2,5,12H,3-4,6-8H2,(H,21,22)/t12-/m1/s1. The third kappa shape index (κ3) is 3.36. The molecule has 0 bridgehead atoms. The van der Waals surface area contributed by atoms with Crippen molar-refractivity contribution in [1.82, 2.24) is 4.90 Å². The van der Waals surface area contributed by atoms with E-state index in [-0.39, 0.29) is 38.1 Å². The second kappa shape index (κ2) is 6.78. The van der Waals surface area contributed by atoms with Gasteiger partial charge in [-0.15, -0.1) is 0 Å². The Labute approximate surface area is 146 Å². The number of carbonyl (C=O) groups is 3. The van der Waals surface area contributed by atoms with Crippen molar-refractivity contribution in [3.05, 3.63) is 22.7 Å². The van der Waals surface area contributed by atoms with Gasteiger partial charge in [0.2, 0.25) is 5.91 Å². The van der Waals surface area contributed by atoms with Crippen molar-refractivity contribution in [2.45, 2.75) is 6.10 Å². The van der Waals surface area contributed by atoms with Crippen LogP contribution in [0.25, 0.3) is 0 Å². The van der Waals surface area contributed by atoms with E-state index in [9.17, 15) is 14.4 Å². The first kappa shape index (κ1) is 16.7. The van der Waals surface area contributed by atoms with Gasteiger partial charge in [0.25, 0.3) is 5.91 Å². The molecule has 0 spiro atoms. The van der Waals surface area contributed by atoms with Crippen LogP contribution >= 0.6 is 15.9 Å². The van der Waals surface area contributed by atoms with Crippen LogP contribution in [-0.4, -0.2) is 66.7 Å². The van der Waals surface area contributed by atoms with E-state index in [1.165, 1.54) is 9.80 Å². The maximum Gasteiger partial charge on any atom is 0.334 e. The summed E-state index contributed by atoms with van der Waals surface area (Å²) in [6, 6.07) is 5.19. The van der Waals surface area contributed by atoms with Crippen molar-refractivity contribution in [2.24, 2.45) is 0 Å². The zero-order valence-corrected chi connectivity index (χ0v) is 14.2. The van der Waals surface area contributed by atoms with Crippen molar-refractivity contribution in [1.29, 1.82) is 0 Å². The molecule has 1 aromatic rings. The molecule has 0 aliphatic carbocycles. The van der Waals surface area contributed by atoms with Crippen LogP contribution in [0.1, 0.15) is 0 Å². The fraction of sp³-hybridized carbons (Fsp3) is 0.400. The normalized spacial score (nSPS) is 20.4. The number of aliphatic carboxylic acids is 1. The van der Waals surface area contributed by atoms with E-state index in [2.05, 4.69) is 15.9 Å². The number of benzene rings is 1. The average Bonchev–Trinajstić information content (AvgIpc) is 2.57. The number of nitrogens with zero attached hydrogens (tertiary/aromatic N) is 2. The summed E-state index contributed by atoms with van der Waals surface area (Å²) >= 11 is 3.33. The Balaban J connectivity index is 1.74. The summed E-state index contributed by atoms with van der Waals surface area (Å²) in [6.07, 6.45) is -1.04. The first-order chi connectivity index (χ1) is 11.5. The first-order valence-electron chi connectivity index (χ1n) is 7.30. The predicted molar refractivity (Wildman–Crippen MR) is 85.9 cm³/mol. The molecular weight excluding hydrogens is 384 g/mol. The van der Waals surface area contributed by atoms with Crippen molar-refractivity contribution >= 4 is 39.4 Å². The van der Waals surface area contributed by atoms with Crippen LogP contribution in [0.3, 0.4) is 0 Å². The molecule has 1 N–H and O–H groups in total. The highest BCUT2D eigenvalue weighted by molar-refractivity contribution is 9.10. The fourth-order valence-electron chi connectivity index (χ4n) is 2.61. The Morgan fingerprint density at radius 1 is 1.38 bits per heavy atom. The molecule has 2 aliphatic heterocycles. The number of halogens is 1. The molecule has 9 heteroatoms. The largest absolute Gasteiger partial charge is 0.482 e. The summed E-state index contributed by atoms with van der Waals surface area (Å²) in [5.74, 6) is -1.23. The van der Waals surface area contributed by atoms with E-state index in [1.807, 2.05) is 0 Å². The van der Waals surface area contributed by atoms with Gasteiger partial charge in [-0.25, -0.2) is 4.79 Å². The number of hydrogen-bond acceptors (Lipinski definition) is 5. The highest BCUT2D eigenvalue weighted by Crippen LogP contribution is 2.34. The van der Waals surface area contributed by atoms with Crippen molar-refractivity contribution in [3.8, 4) is 5.75 Å². The van der Waals surface area contributed by atoms with Crippen LogP contribution < -0.4 is 9.64 Å². The maximum atomic E-state index is 12.5. The van der Waals surface area contributed by atoms with E-state index in [0.29, 0.717) is 18.0 Å².